The van der Waals surface area contributed by atoms with Crippen LogP contribution in [0, 0.1) is 0 Å². The summed E-state index contributed by atoms with van der Waals surface area (Å²) in [6, 6.07) is 0. The molecular formula is C10H21N3S2. The van der Waals surface area contributed by atoms with Crippen molar-refractivity contribution in [2.75, 3.05) is 52.6 Å². The van der Waals surface area contributed by atoms with E-state index in [0.29, 0.717) is 0 Å². The highest BCUT2D eigenvalue weighted by Gasteiger charge is 2.12. The average molecular weight is 247 g/mol. The zero-order valence-electron chi connectivity index (χ0n) is 9.66. The van der Waals surface area contributed by atoms with Gasteiger partial charge in [0.05, 0.1) is 0 Å². The summed E-state index contributed by atoms with van der Waals surface area (Å²) in [5.41, 5.74) is 0. The van der Waals surface area contributed by atoms with Crippen molar-refractivity contribution in [3.8, 4) is 0 Å². The maximum absolute atomic E-state index is 5.40. The van der Waals surface area contributed by atoms with Crippen LogP contribution in [0.4, 0.5) is 0 Å². The lowest BCUT2D eigenvalue weighted by Crippen LogP contribution is -2.45. The zero-order valence-corrected chi connectivity index (χ0v) is 11.3. The summed E-state index contributed by atoms with van der Waals surface area (Å²) >= 11 is 7.23. The summed E-state index contributed by atoms with van der Waals surface area (Å²) in [4.78, 5) is 4.53. The van der Waals surface area contributed by atoms with E-state index in [2.05, 4.69) is 29.2 Å². The molecule has 0 spiro atoms. The van der Waals surface area contributed by atoms with E-state index in [4.69, 9.17) is 12.2 Å². The topological polar surface area (TPSA) is 18.5 Å². The molecule has 88 valence electrons. The lowest BCUT2D eigenvalue weighted by molar-refractivity contribution is 0.367. The van der Waals surface area contributed by atoms with Gasteiger partial charge in [-0.3, -0.25) is 0 Å². The third kappa shape index (κ3) is 5.70. The highest BCUT2D eigenvalue weighted by molar-refractivity contribution is 8.22. The number of nitrogens with zero attached hydrogens (tertiary/aromatic N) is 2. The van der Waals surface area contributed by atoms with Crippen molar-refractivity contribution in [2.24, 2.45) is 0 Å². The van der Waals surface area contributed by atoms with Gasteiger partial charge in [0.2, 0.25) is 0 Å². The van der Waals surface area contributed by atoms with Crippen molar-refractivity contribution in [1.82, 2.24) is 15.1 Å². The highest BCUT2D eigenvalue weighted by atomic mass is 32.2. The third-order valence-electron chi connectivity index (χ3n) is 2.35. The van der Waals surface area contributed by atoms with Gasteiger partial charge in [0.25, 0.3) is 0 Å². The van der Waals surface area contributed by atoms with E-state index in [1.807, 2.05) is 11.8 Å². The molecular weight excluding hydrogens is 226 g/mol. The van der Waals surface area contributed by atoms with Crippen molar-refractivity contribution in [1.29, 1.82) is 0 Å². The first kappa shape index (κ1) is 13.2. The standard InChI is InChI=1S/C10H21N3S2/c1-12(2)6-3-9-15-10(14)13-7-4-11-5-8-13/h11H,3-9H2,1-2H3. The Labute approximate surface area is 103 Å². The summed E-state index contributed by atoms with van der Waals surface area (Å²) < 4.78 is 1.08. The van der Waals surface area contributed by atoms with Crippen LogP contribution in [-0.2, 0) is 0 Å². The molecule has 0 aromatic heterocycles. The van der Waals surface area contributed by atoms with Crippen molar-refractivity contribution >= 4 is 28.3 Å². The Balaban J connectivity index is 2.07. The fourth-order valence-corrected chi connectivity index (χ4v) is 2.72. The van der Waals surface area contributed by atoms with Gasteiger partial charge < -0.3 is 15.1 Å². The molecule has 1 saturated heterocycles. The van der Waals surface area contributed by atoms with Crippen LogP contribution in [0.1, 0.15) is 6.42 Å². The highest BCUT2D eigenvalue weighted by Crippen LogP contribution is 2.11. The molecule has 1 aliphatic rings. The molecule has 1 fully saturated rings. The van der Waals surface area contributed by atoms with Gasteiger partial charge in [-0.2, -0.15) is 0 Å². The van der Waals surface area contributed by atoms with E-state index in [0.717, 1.165) is 42.8 Å². The van der Waals surface area contributed by atoms with Crippen LogP contribution in [0.25, 0.3) is 0 Å². The molecule has 0 aliphatic carbocycles. The van der Waals surface area contributed by atoms with Crippen molar-refractivity contribution in [3.05, 3.63) is 0 Å². The minimum absolute atomic E-state index is 1.07. The Morgan fingerprint density at radius 1 is 1.40 bits per heavy atom. The second kappa shape index (κ2) is 7.44. The van der Waals surface area contributed by atoms with Crippen LogP contribution in [0.5, 0.6) is 0 Å². The molecule has 1 aliphatic heterocycles. The van der Waals surface area contributed by atoms with E-state index in [1.165, 1.54) is 6.42 Å². The lowest BCUT2D eigenvalue weighted by atomic mass is 10.4. The van der Waals surface area contributed by atoms with Crippen LogP contribution in [-0.4, -0.2) is 66.7 Å². The molecule has 0 aromatic carbocycles. The summed E-state index contributed by atoms with van der Waals surface area (Å²) in [7, 11) is 4.22. The van der Waals surface area contributed by atoms with Crippen LogP contribution in [0.2, 0.25) is 0 Å². The quantitative estimate of drug-likeness (QED) is 0.585. The molecule has 0 aromatic rings. The van der Waals surface area contributed by atoms with E-state index >= 15 is 0 Å². The van der Waals surface area contributed by atoms with Crippen LogP contribution in [0.15, 0.2) is 0 Å². The second-order valence-corrected chi connectivity index (χ2v) is 5.74. The molecule has 0 saturated carbocycles. The summed E-state index contributed by atoms with van der Waals surface area (Å²) in [6.45, 7) is 5.42. The van der Waals surface area contributed by atoms with Crippen molar-refractivity contribution in [3.63, 3.8) is 0 Å². The number of piperazine rings is 1. The van der Waals surface area contributed by atoms with Crippen LogP contribution in [0.3, 0.4) is 0 Å². The monoisotopic (exact) mass is 247 g/mol. The molecule has 0 atom stereocenters. The van der Waals surface area contributed by atoms with Gasteiger partial charge in [0.1, 0.15) is 4.32 Å². The minimum atomic E-state index is 1.07. The van der Waals surface area contributed by atoms with E-state index in [-0.39, 0.29) is 0 Å². The second-order valence-electron chi connectivity index (χ2n) is 4.01. The van der Waals surface area contributed by atoms with Gasteiger partial charge in [0, 0.05) is 31.9 Å². The lowest BCUT2D eigenvalue weighted by Gasteiger charge is -2.29. The molecule has 0 radical (unpaired) electrons. The summed E-state index contributed by atoms with van der Waals surface area (Å²) in [5, 5.41) is 3.33. The average Bonchev–Trinajstić information content (AvgIpc) is 2.25. The van der Waals surface area contributed by atoms with E-state index < -0.39 is 0 Å². The molecule has 5 heteroatoms. The first-order valence-corrected chi connectivity index (χ1v) is 6.86. The Hall–Kier alpha value is 0.160. The summed E-state index contributed by atoms with van der Waals surface area (Å²) in [5.74, 6) is 1.14. The largest absolute Gasteiger partial charge is 0.355 e. The molecule has 1 N–H and O–H groups in total. The first-order chi connectivity index (χ1) is 7.20. The normalized spacial score (nSPS) is 17.1. The Morgan fingerprint density at radius 2 is 2.07 bits per heavy atom. The molecule has 0 bridgehead atoms. The Morgan fingerprint density at radius 3 is 2.67 bits per heavy atom. The maximum atomic E-state index is 5.40. The van der Waals surface area contributed by atoms with Crippen molar-refractivity contribution < 1.29 is 0 Å². The van der Waals surface area contributed by atoms with Gasteiger partial charge in [-0.15, -0.1) is 0 Å². The molecule has 0 amide bonds. The number of hydrogen-bond donors (Lipinski definition) is 1. The smallest absolute Gasteiger partial charge is 0.136 e. The Bertz CT molecular complexity index is 191. The van der Waals surface area contributed by atoms with Crippen molar-refractivity contribution in [2.45, 2.75) is 6.42 Å². The predicted octanol–water partition coefficient (Wildman–Crippen LogP) is 0.861. The predicted molar refractivity (Wildman–Crippen MR) is 72.7 cm³/mol. The van der Waals surface area contributed by atoms with Gasteiger partial charge in [-0.25, -0.2) is 0 Å². The molecule has 3 nitrogen and oxygen atoms in total. The number of thiocarbonyl (C=S) groups is 1. The molecule has 0 unspecified atom stereocenters. The fraction of sp³-hybridized carbons (Fsp3) is 0.900. The number of thioether (sulfide) groups is 1. The maximum Gasteiger partial charge on any atom is 0.136 e. The SMILES string of the molecule is CN(C)CCCSC(=S)N1CCNCC1. The minimum Gasteiger partial charge on any atom is -0.355 e. The van der Waals surface area contributed by atoms with Gasteiger partial charge in [-0.05, 0) is 27.1 Å². The first-order valence-electron chi connectivity index (χ1n) is 5.47. The number of nitrogens with one attached hydrogen (secondary N) is 1. The Kier molecular flexibility index (Phi) is 6.56. The molecule has 1 rings (SSSR count). The number of hydrogen-bond acceptors (Lipinski definition) is 4. The van der Waals surface area contributed by atoms with Gasteiger partial charge in [-0.1, -0.05) is 24.0 Å². The molecule has 1 heterocycles. The fourth-order valence-electron chi connectivity index (χ4n) is 1.48. The van der Waals surface area contributed by atoms with Gasteiger partial charge >= 0.3 is 0 Å². The third-order valence-corrected chi connectivity index (χ3v) is 3.96. The van der Waals surface area contributed by atoms with Gasteiger partial charge in [0.15, 0.2) is 0 Å². The van der Waals surface area contributed by atoms with E-state index in [1.54, 1.807) is 0 Å². The summed E-state index contributed by atoms with van der Waals surface area (Å²) in [6.07, 6.45) is 1.21. The van der Waals surface area contributed by atoms with Crippen LogP contribution < -0.4 is 5.32 Å². The zero-order chi connectivity index (χ0) is 11.1. The molecule has 15 heavy (non-hydrogen) atoms. The van der Waals surface area contributed by atoms with Crippen LogP contribution >= 0.6 is 24.0 Å². The van der Waals surface area contributed by atoms with E-state index in [9.17, 15) is 0 Å². The number of rotatable bonds is 4.